The van der Waals surface area contributed by atoms with E-state index < -0.39 is 0 Å². The van der Waals surface area contributed by atoms with Crippen LogP contribution in [0.25, 0.3) is 0 Å². The van der Waals surface area contributed by atoms with Crippen LogP contribution in [0.5, 0.6) is 0 Å². The van der Waals surface area contributed by atoms with Crippen LogP contribution in [0.3, 0.4) is 0 Å². The Balaban J connectivity index is 2.17. The van der Waals surface area contributed by atoms with Gasteiger partial charge in [0.2, 0.25) is 0 Å². The maximum atomic E-state index is 6.29. The van der Waals surface area contributed by atoms with E-state index in [2.05, 4.69) is 0 Å². The molecule has 1 aliphatic rings. The van der Waals surface area contributed by atoms with Crippen LogP contribution >= 0.6 is 0 Å². The fraction of sp³-hybridized carbons (Fsp3) is 0.667. The van der Waals surface area contributed by atoms with Gasteiger partial charge in [0.15, 0.2) is 0 Å². The van der Waals surface area contributed by atoms with Crippen molar-refractivity contribution >= 4 is 0 Å². The molecule has 0 amide bonds. The van der Waals surface area contributed by atoms with E-state index >= 15 is 0 Å². The molecule has 1 aromatic rings. The van der Waals surface area contributed by atoms with Crippen molar-refractivity contribution in [2.45, 2.75) is 31.4 Å². The van der Waals surface area contributed by atoms with E-state index in [-0.39, 0.29) is 11.6 Å². The quantitative estimate of drug-likeness (QED) is 0.849. The molecule has 0 spiro atoms. The van der Waals surface area contributed by atoms with Gasteiger partial charge in [-0.25, -0.2) is 0 Å². The molecule has 0 saturated carbocycles. The largest absolute Gasteiger partial charge is 0.472 e. The lowest BCUT2D eigenvalue weighted by molar-refractivity contribution is -0.121. The summed E-state index contributed by atoms with van der Waals surface area (Å²) >= 11 is 0. The first-order chi connectivity index (χ1) is 7.78. The molecule has 1 atom stereocenters. The molecule has 4 heteroatoms. The van der Waals surface area contributed by atoms with Gasteiger partial charge < -0.3 is 19.6 Å². The molecule has 4 nitrogen and oxygen atoms in total. The average molecular weight is 225 g/mol. The summed E-state index contributed by atoms with van der Waals surface area (Å²) in [5, 5.41) is 0. The van der Waals surface area contributed by atoms with E-state index in [1.54, 1.807) is 12.5 Å². The van der Waals surface area contributed by atoms with Gasteiger partial charge in [-0.15, -0.1) is 0 Å². The second-order valence-electron chi connectivity index (χ2n) is 4.14. The summed E-state index contributed by atoms with van der Waals surface area (Å²) in [6, 6.07) is 1.76. The van der Waals surface area contributed by atoms with Crippen LogP contribution in [0.15, 0.2) is 23.0 Å². The van der Waals surface area contributed by atoms with Gasteiger partial charge in [0.25, 0.3) is 0 Å². The van der Waals surface area contributed by atoms with Gasteiger partial charge in [0.05, 0.1) is 24.2 Å². The molecule has 0 bridgehead atoms. The molecular formula is C12H19NO3. The summed E-state index contributed by atoms with van der Waals surface area (Å²) in [7, 11) is 0. The molecule has 0 aromatic carbocycles. The molecule has 1 saturated heterocycles. The first-order valence-electron chi connectivity index (χ1n) is 5.78. The van der Waals surface area contributed by atoms with Crippen LogP contribution in [0, 0.1) is 0 Å². The normalized spacial score (nSPS) is 21.9. The summed E-state index contributed by atoms with van der Waals surface area (Å²) in [5.74, 6) is 0. The summed E-state index contributed by atoms with van der Waals surface area (Å²) in [4.78, 5) is 0. The van der Waals surface area contributed by atoms with Crippen molar-refractivity contribution in [3.8, 4) is 0 Å². The van der Waals surface area contributed by atoms with E-state index in [4.69, 9.17) is 19.6 Å². The highest BCUT2D eigenvalue weighted by atomic mass is 16.5. The molecule has 90 valence electrons. The minimum Gasteiger partial charge on any atom is -0.472 e. The van der Waals surface area contributed by atoms with Gasteiger partial charge in [0, 0.05) is 38.2 Å². The van der Waals surface area contributed by atoms with Crippen molar-refractivity contribution in [3.63, 3.8) is 0 Å². The lowest BCUT2D eigenvalue weighted by atomic mass is 9.83. The first-order valence-corrected chi connectivity index (χ1v) is 5.78. The van der Waals surface area contributed by atoms with Crippen molar-refractivity contribution in [1.29, 1.82) is 0 Å². The standard InChI is InChI=1S/C12H19NO3/c1-2-16-12(4-7-14-8-5-12)11(13)10-3-6-15-9-10/h3,6,9,11H,2,4-5,7-8,13H2,1H3. The zero-order valence-corrected chi connectivity index (χ0v) is 9.65. The molecule has 16 heavy (non-hydrogen) atoms. The van der Waals surface area contributed by atoms with Gasteiger partial charge in [-0.3, -0.25) is 0 Å². The molecule has 1 aromatic heterocycles. The SMILES string of the molecule is CCOC1(C(N)c2ccoc2)CCOCC1. The number of hydrogen-bond acceptors (Lipinski definition) is 4. The maximum Gasteiger partial charge on any atom is 0.0951 e. The predicted octanol–water partition coefficient (Wildman–Crippen LogP) is 1.87. The number of hydrogen-bond donors (Lipinski definition) is 1. The number of ether oxygens (including phenoxy) is 2. The Morgan fingerprint density at radius 3 is 2.81 bits per heavy atom. The third-order valence-corrected chi connectivity index (χ3v) is 3.24. The highest BCUT2D eigenvalue weighted by molar-refractivity contribution is 5.16. The van der Waals surface area contributed by atoms with Crippen LogP contribution in [0.2, 0.25) is 0 Å². The number of rotatable bonds is 4. The second kappa shape index (κ2) is 4.99. The van der Waals surface area contributed by atoms with E-state index in [0.717, 1.165) is 18.4 Å². The summed E-state index contributed by atoms with van der Waals surface area (Å²) in [6.45, 7) is 4.10. The third-order valence-electron chi connectivity index (χ3n) is 3.24. The van der Waals surface area contributed by atoms with Crippen molar-refractivity contribution in [2.75, 3.05) is 19.8 Å². The maximum absolute atomic E-state index is 6.29. The van der Waals surface area contributed by atoms with E-state index in [1.807, 2.05) is 13.0 Å². The van der Waals surface area contributed by atoms with E-state index in [0.29, 0.717) is 19.8 Å². The van der Waals surface area contributed by atoms with Crippen LogP contribution in [-0.4, -0.2) is 25.4 Å². The van der Waals surface area contributed by atoms with Gasteiger partial charge in [0.1, 0.15) is 0 Å². The Morgan fingerprint density at radius 1 is 1.50 bits per heavy atom. The lowest BCUT2D eigenvalue weighted by Crippen LogP contribution is -2.48. The Labute approximate surface area is 95.7 Å². The molecule has 1 unspecified atom stereocenters. The molecule has 0 radical (unpaired) electrons. The summed E-state index contributed by atoms with van der Waals surface area (Å²) in [5.41, 5.74) is 7.00. The topological polar surface area (TPSA) is 57.6 Å². The molecule has 1 aliphatic heterocycles. The van der Waals surface area contributed by atoms with Crippen molar-refractivity contribution in [2.24, 2.45) is 5.73 Å². The highest BCUT2D eigenvalue weighted by Crippen LogP contribution is 2.36. The van der Waals surface area contributed by atoms with Gasteiger partial charge in [-0.2, -0.15) is 0 Å². The molecule has 1 fully saturated rings. The average Bonchev–Trinajstić information content (AvgIpc) is 2.83. The Kier molecular flexibility index (Phi) is 3.63. The third kappa shape index (κ3) is 2.14. The minimum absolute atomic E-state index is 0.143. The molecular weight excluding hydrogens is 206 g/mol. The molecule has 0 aliphatic carbocycles. The first kappa shape index (κ1) is 11.6. The van der Waals surface area contributed by atoms with Crippen LogP contribution in [0.4, 0.5) is 0 Å². The number of nitrogens with two attached hydrogens (primary N) is 1. The monoisotopic (exact) mass is 225 g/mol. The van der Waals surface area contributed by atoms with Gasteiger partial charge in [-0.1, -0.05) is 0 Å². The summed E-state index contributed by atoms with van der Waals surface area (Å²) in [6.07, 6.45) is 5.02. The molecule has 2 N–H and O–H groups in total. The van der Waals surface area contributed by atoms with Crippen molar-refractivity contribution < 1.29 is 13.9 Å². The van der Waals surface area contributed by atoms with Crippen LogP contribution in [0.1, 0.15) is 31.4 Å². The van der Waals surface area contributed by atoms with Crippen LogP contribution < -0.4 is 5.73 Å². The fourth-order valence-corrected chi connectivity index (χ4v) is 2.31. The Hall–Kier alpha value is -0.840. The zero-order chi connectivity index (χ0) is 11.4. The van der Waals surface area contributed by atoms with Crippen LogP contribution in [-0.2, 0) is 9.47 Å². The Bertz CT molecular complexity index is 299. The Morgan fingerprint density at radius 2 is 2.25 bits per heavy atom. The van der Waals surface area contributed by atoms with E-state index in [9.17, 15) is 0 Å². The highest BCUT2D eigenvalue weighted by Gasteiger charge is 2.40. The van der Waals surface area contributed by atoms with Crippen molar-refractivity contribution in [1.82, 2.24) is 0 Å². The zero-order valence-electron chi connectivity index (χ0n) is 9.65. The molecule has 2 heterocycles. The smallest absolute Gasteiger partial charge is 0.0951 e. The lowest BCUT2D eigenvalue weighted by Gasteiger charge is -2.41. The minimum atomic E-state index is -0.295. The summed E-state index contributed by atoms with van der Waals surface area (Å²) < 4.78 is 16.4. The van der Waals surface area contributed by atoms with Gasteiger partial charge in [-0.05, 0) is 13.0 Å². The second-order valence-corrected chi connectivity index (χ2v) is 4.14. The van der Waals surface area contributed by atoms with Crippen molar-refractivity contribution in [3.05, 3.63) is 24.2 Å². The predicted molar refractivity (Wildman–Crippen MR) is 60.0 cm³/mol. The number of furan rings is 1. The van der Waals surface area contributed by atoms with Gasteiger partial charge >= 0.3 is 0 Å². The molecule has 2 rings (SSSR count). The van der Waals surface area contributed by atoms with E-state index in [1.165, 1.54) is 0 Å². The fourth-order valence-electron chi connectivity index (χ4n) is 2.31.